The largest absolute Gasteiger partial charge is 0.349 e. The second kappa shape index (κ2) is 11.7. The number of nitrogens with zero attached hydrogens (tertiary/aromatic N) is 1. The fraction of sp³-hybridized carbons (Fsp3) is 0.462. The van der Waals surface area contributed by atoms with Crippen LogP contribution in [0.4, 0.5) is 5.69 Å². The van der Waals surface area contributed by atoms with Crippen molar-refractivity contribution < 1.29 is 18.0 Å². The van der Waals surface area contributed by atoms with Crippen molar-refractivity contribution in [2.45, 2.75) is 56.7 Å². The Balaban J connectivity index is 1.33. The molecule has 2 N–H and O–H groups in total. The van der Waals surface area contributed by atoms with Gasteiger partial charge in [-0.05, 0) is 55.5 Å². The fourth-order valence-electron chi connectivity index (χ4n) is 4.81. The Hall–Kier alpha value is -2.23. The average molecular weight is 563 g/mol. The summed E-state index contributed by atoms with van der Waals surface area (Å²) in [6.45, 7) is 0.613. The number of carbonyl (C=O) groups is 2. The summed E-state index contributed by atoms with van der Waals surface area (Å²) in [6.07, 6.45) is 6.34. The van der Waals surface area contributed by atoms with Gasteiger partial charge in [-0.3, -0.25) is 9.59 Å². The van der Waals surface area contributed by atoms with Gasteiger partial charge in [0.15, 0.2) is 0 Å². The quantitative estimate of drug-likeness (QED) is 0.512. The third-order valence-corrected chi connectivity index (χ3v) is 9.23. The van der Waals surface area contributed by atoms with Crippen LogP contribution in [0.25, 0.3) is 0 Å². The van der Waals surface area contributed by atoms with Crippen molar-refractivity contribution >= 4 is 43.5 Å². The van der Waals surface area contributed by atoms with Gasteiger partial charge in [0.1, 0.15) is 0 Å². The van der Waals surface area contributed by atoms with Crippen molar-refractivity contribution in [3.63, 3.8) is 0 Å². The molecule has 0 bridgehead atoms. The minimum atomic E-state index is -3.46. The van der Waals surface area contributed by atoms with E-state index < -0.39 is 10.0 Å². The zero-order valence-corrected chi connectivity index (χ0v) is 22.1. The molecule has 2 aromatic carbocycles. The Labute approximate surface area is 215 Å². The minimum Gasteiger partial charge on any atom is -0.349 e. The second-order valence-corrected chi connectivity index (χ2v) is 12.3. The highest BCUT2D eigenvalue weighted by molar-refractivity contribution is 9.10. The van der Waals surface area contributed by atoms with Gasteiger partial charge < -0.3 is 10.6 Å². The van der Waals surface area contributed by atoms with E-state index in [-0.39, 0.29) is 29.5 Å². The third-order valence-electron chi connectivity index (χ3n) is 6.85. The predicted octanol–water partition coefficient (Wildman–Crippen LogP) is 4.69. The summed E-state index contributed by atoms with van der Waals surface area (Å²) >= 11 is 3.36. The van der Waals surface area contributed by atoms with Crippen molar-refractivity contribution in [3.05, 3.63) is 64.1 Å². The number of carbonyl (C=O) groups excluding carboxylic acids is 2. The number of hydrogen-bond donors (Lipinski definition) is 2. The zero-order valence-electron chi connectivity index (χ0n) is 19.7. The molecule has 1 saturated carbocycles. The molecule has 0 spiro atoms. The molecule has 1 aliphatic heterocycles. The summed E-state index contributed by atoms with van der Waals surface area (Å²) in [7, 11) is -3.46. The lowest BCUT2D eigenvalue weighted by atomic mass is 9.95. The maximum Gasteiger partial charge on any atom is 0.253 e. The first-order chi connectivity index (χ1) is 16.8. The van der Waals surface area contributed by atoms with Crippen LogP contribution in [-0.2, 0) is 20.6 Å². The van der Waals surface area contributed by atoms with E-state index in [1.54, 1.807) is 36.4 Å². The lowest BCUT2D eigenvalue weighted by molar-refractivity contribution is -0.120. The van der Waals surface area contributed by atoms with Crippen LogP contribution in [0.1, 0.15) is 60.9 Å². The molecule has 2 amide bonds. The summed E-state index contributed by atoms with van der Waals surface area (Å²) in [4.78, 5) is 25.9. The number of amides is 2. The smallest absolute Gasteiger partial charge is 0.253 e. The predicted molar refractivity (Wildman–Crippen MR) is 140 cm³/mol. The van der Waals surface area contributed by atoms with Crippen molar-refractivity contribution in [2.24, 2.45) is 5.92 Å². The molecule has 0 aromatic heterocycles. The molecule has 1 saturated heterocycles. The molecular weight excluding hydrogens is 530 g/mol. The van der Waals surface area contributed by atoms with Gasteiger partial charge in [-0.2, -0.15) is 0 Å². The maximum atomic E-state index is 13.0. The lowest BCUT2D eigenvalue weighted by Crippen LogP contribution is -2.42. The van der Waals surface area contributed by atoms with Crippen molar-refractivity contribution in [2.75, 3.05) is 18.4 Å². The molecule has 9 heteroatoms. The Morgan fingerprint density at radius 3 is 2.26 bits per heavy atom. The van der Waals surface area contributed by atoms with E-state index in [2.05, 4.69) is 26.6 Å². The molecule has 1 aliphatic carbocycles. The Morgan fingerprint density at radius 2 is 1.57 bits per heavy atom. The molecule has 0 unspecified atom stereocenters. The SMILES string of the molecule is O=C(NC1CCCCC1)c1ccccc1NC(=O)C1CCN(S(=O)(=O)Cc2ccc(Br)cc2)CC1. The van der Waals surface area contributed by atoms with E-state index >= 15 is 0 Å². The molecule has 188 valence electrons. The van der Waals surface area contributed by atoms with E-state index in [0.717, 1.165) is 35.7 Å². The maximum absolute atomic E-state index is 13.0. The normalized spacial score (nSPS) is 18.2. The topological polar surface area (TPSA) is 95.6 Å². The number of anilines is 1. The Morgan fingerprint density at radius 1 is 0.914 bits per heavy atom. The van der Waals surface area contributed by atoms with E-state index in [4.69, 9.17) is 0 Å². The van der Waals surface area contributed by atoms with Crippen LogP contribution in [0.2, 0.25) is 0 Å². The van der Waals surface area contributed by atoms with Crippen LogP contribution < -0.4 is 10.6 Å². The number of para-hydroxylation sites is 1. The molecule has 2 aromatic rings. The number of halogens is 1. The highest BCUT2D eigenvalue weighted by Crippen LogP contribution is 2.25. The van der Waals surface area contributed by atoms with Crippen molar-refractivity contribution in [1.29, 1.82) is 0 Å². The molecule has 1 heterocycles. The Kier molecular flexibility index (Phi) is 8.62. The number of nitrogens with one attached hydrogen (secondary N) is 2. The molecule has 35 heavy (non-hydrogen) atoms. The third kappa shape index (κ3) is 6.92. The van der Waals surface area contributed by atoms with Crippen LogP contribution >= 0.6 is 15.9 Å². The van der Waals surface area contributed by atoms with Crippen LogP contribution in [0, 0.1) is 5.92 Å². The number of benzene rings is 2. The highest BCUT2D eigenvalue weighted by atomic mass is 79.9. The first kappa shape index (κ1) is 25.9. The van der Waals surface area contributed by atoms with Crippen molar-refractivity contribution in [1.82, 2.24) is 9.62 Å². The lowest BCUT2D eigenvalue weighted by Gasteiger charge is -2.30. The number of hydrogen-bond acceptors (Lipinski definition) is 4. The standard InChI is InChI=1S/C26H32BrN3O4S/c27-21-12-10-19(11-13-21)18-35(33,34)30-16-14-20(15-17-30)25(31)29-24-9-5-4-8-23(24)26(32)28-22-6-2-1-3-7-22/h4-5,8-13,20,22H,1-3,6-7,14-18H2,(H,28,32)(H,29,31). The van der Waals surface area contributed by atoms with Crippen LogP contribution in [0.5, 0.6) is 0 Å². The molecule has 2 aliphatic rings. The van der Waals surface area contributed by atoms with E-state index in [1.165, 1.54) is 10.7 Å². The zero-order chi connectivity index (χ0) is 24.8. The molecule has 2 fully saturated rings. The molecule has 0 radical (unpaired) electrons. The molecule has 4 rings (SSSR count). The molecule has 7 nitrogen and oxygen atoms in total. The van der Waals surface area contributed by atoms with Gasteiger partial charge in [-0.15, -0.1) is 0 Å². The summed E-state index contributed by atoms with van der Waals surface area (Å²) in [5, 5.41) is 6.03. The monoisotopic (exact) mass is 561 g/mol. The van der Waals surface area contributed by atoms with E-state index in [9.17, 15) is 18.0 Å². The van der Waals surface area contributed by atoms with Crippen LogP contribution in [0.3, 0.4) is 0 Å². The molecule has 0 atom stereocenters. The van der Waals surface area contributed by atoms with Gasteiger partial charge >= 0.3 is 0 Å². The van der Waals surface area contributed by atoms with Gasteiger partial charge in [0, 0.05) is 29.5 Å². The van der Waals surface area contributed by atoms with Gasteiger partial charge in [0.25, 0.3) is 5.91 Å². The van der Waals surface area contributed by atoms with Crippen LogP contribution in [0.15, 0.2) is 53.0 Å². The number of sulfonamides is 1. The van der Waals surface area contributed by atoms with Gasteiger partial charge in [0.2, 0.25) is 15.9 Å². The average Bonchev–Trinajstić information content (AvgIpc) is 2.86. The van der Waals surface area contributed by atoms with E-state index in [1.807, 2.05) is 12.1 Å². The van der Waals surface area contributed by atoms with Gasteiger partial charge in [0.05, 0.1) is 17.0 Å². The Bertz CT molecular complexity index is 1140. The van der Waals surface area contributed by atoms with Crippen molar-refractivity contribution in [3.8, 4) is 0 Å². The van der Waals surface area contributed by atoms with Gasteiger partial charge in [-0.25, -0.2) is 12.7 Å². The summed E-state index contributed by atoms with van der Waals surface area (Å²) < 4.78 is 28.1. The number of piperidine rings is 1. The fourth-order valence-corrected chi connectivity index (χ4v) is 6.64. The summed E-state index contributed by atoms with van der Waals surface area (Å²) in [5.74, 6) is -0.696. The first-order valence-electron chi connectivity index (χ1n) is 12.2. The second-order valence-electron chi connectivity index (χ2n) is 9.40. The van der Waals surface area contributed by atoms with Gasteiger partial charge in [-0.1, -0.05) is 59.5 Å². The summed E-state index contributed by atoms with van der Waals surface area (Å²) in [5.41, 5.74) is 1.69. The highest BCUT2D eigenvalue weighted by Gasteiger charge is 2.31. The van der Waals surface area contributed by atoms with E-state index in [0.29, 0.717) is 37.2 Å². The first-order valence-corrected chi connectivity index (χ1v) is 14.6. The molecular formula is C26H32BrN3O4S. The van der Waals surface area contributed by atoms with Crippen LogP contribution in [-0.4, -0.2) is 43.7 Å². The number of rotatable bonds is 7. The minimum absolute atomic E-state index is 0.0549. The summed E-state index contributed by atoms with van der Waals surface area (Å²) in [6, 6.07) is 14.5.